The Morgan fingerprint density at radius 2 is 1.79 bits per heavy atom. The molecule has 0 aliphatic heterocycles. The lowest BCUT2D eigenvalue weighted by atomic mass is 9.47. The Kier molecular flexibility index (Phi) is 8.93. The summed E-state index contributed by atoms with van der Waals surface area (Å²) < 4.78 is 0. The van der Waals surface area contributed by atoms with Crippen molar-refractivity contribution < 1.29 is 4.84 Å². The van der Waals surface area contributed by atoms with Gasteiger partial charge in [-0.15, -0.1) is 0 Å². The molecule has 4 aliphatic rings. The Labute approximate surface area is 212 Å². The summed E-state index contributed by atoms with van der Waals surface area (Å²) in [5.74, 6) is 5.55. The molecule has 0 saturated heterocycles. The fourth-order valence-corrected chi connectivity index (χ4v) is 9.38. The molecule has 2 heteroatoms. The topological polar surface area (TPSA) is 21.3 Å². The average Bonchev–Trinajstić information content (AvgIpc) is 3.16. The van der Waals surface area contributed by atoms with Gasteiger partial charge < -0.3 is 0 Å². The highest BCUT2D eigenvalue weighted by Gasteiger charge is 2.59. The van der Waals surface area contributed by atoms with E-state index < -0.39 is 0 Å². The lowest BCUT2D eigenvalue weighted by Crippen LogP contribution is -2.51. The third-order valence-corrected chi connectivity index (χ3v) is 11.4. The van der Waals surface area contributed by atoms with E-state index in [1.165, 1.54) is 83.5 Å². The van der Waals surface area contributed by atoms with Crippen LogP contribution in [0.15, 0.2) is 11.6 Å². The quantitative estimate of drug-likeness (QED) is 0.184. The number of hydroxylamine groups is 1. The SMILES string of the molecule is CCCCCNOC1CC[C@@]2(C)C(=CCC3C2CC[C@@]2(C)C3CC[C@@H]2[C@H](C)CCCC(C)C)C1. The third kappa shape index (κ3) is 5.34. The van der Waals surface area contributed by atoms with Crippen molar-refractivity contribution in [3.63, 3.8) is 0 Å². The van der Waals surface area contributed by atoms with Gasteiger partial charge in [0, 0.05) is 6.54 Å². The fraction of sp³-hybridized carbons (Fsp3) is 0.938. The molecule has 2 nitrogen and oxygen atoms in total. The lowest BCUT2D eigenvalue weighted by Gasteiger charge is -2.58. The Hall–Kier alpha value is -0.340. The zero-order valence-electron chi connectivity index (χ0n) is 23.6. The van der Waals surface area contributed by atoms with E-state index >= 15 is 0 Å². The van der Waals surface area contributed by atoms with Crippen LogP contribution >= 0.6 is 0 Å². The molecule has 4 aliphatic carbocycles. The first kappa shape index (κ1) is 26.7. The molecule has 4 unspecified atom stereocenters. The minimum Gasteiger partial charge on any atom is -0.298 e. The minimum atomic E-state index is 0.383. The first-order valence-corrected chi connectivity index (χ1v) is 15.4. The monoisotopic (exact) mass is 471 g/mol. The summed E-state index contributed by atoms with van der Waals surface area (Å²) in [5.41, 5.74) is 6.09. The first-order valence-electron chi connectivity index (χ1n) is 15.4. The van der Waals surface area contributed by atoms with Crippen molar-refractivity contribution in [2.24, 2.45) is 46.3 Å². The first-order chi connectivity index (χ1) is 16.3. The van der Waals surface area contributed by atoms with Crippen LogP contribution in [0.25, 0.3) is 0 Å². The Morgan fingerprint density at radius 3 is 2.56 bits per heavy atom. The third-order valence-electron chi connectivity index (χ3n) is 11.4. The molecule has 3 saturated carbocycles. The Morgan fingerprint density at radius 1 is 0.971 bits per heavy atom. The fourth-order valence-electron chi connectivity index (χ4n) is 9.38. The van der Waals surface area contributed by atoms with Crippen LogP contribution in [-0.4, -0.2) is 12.6 Å². The van der Waals surface area contributed by atoms with Crippen molar-refractivity contribution in [2.75, 3.05) is 6.54 Å². The second-order valence-corrected chi connectivity index (χ2v) is 13.9. The molecule has 0 aromatic carbocycles. The van der Waals surface area contributed by atoms with Crippen LogP contribution in [0, 0.1) is 46.3 Å². The van der Waals surface area contributed by atoms with Gasteiger partial charge in [0.25, 0.3) is 0 Å². The number of allylic oxidation sites excluding steroid dienone is 1. The number of rotatable bonds is 11. The van der Waals surface area contributed by atoms with Crippen LogP contribution in [0.4, 0.5) is 0 Å². The number of hydrogen-bond acceptors (Lipinski definition) is 2. The van der Waals surface area contributed by atoms with Gasteiger partial charge in [0.2, 0.25) is 0 Å². The molecule has 0 amide bonds. The van der Waals surface area contributed by atoms with Gasteiger partial charge in [-0.05, 0) is 104 Å². The number of hydrogen-bond donors (Lipinski definition) is 1. The largest absolute Gasteiger partial charge is 0.298 e. The number of fused-ring (bicyclic) bond motifs is 5. The van der Waals surface area contributed by atoms with Crippen molar-refractivity contribution in [1.82, 2.24) is 5.48 Å². The molecule has 0 heterocycles. The second kappa shape index (κ2) is 11.4. The number of nitrogens with one attached hydrogen (secondary N) is 1. The summed E-state index contributed by atoms with van der Waals surface area (Å²) in [7, 11) is 0. The van der Waals surface area contributed by atoms with Crippen molar-refractivity contribution in [2.45, 2.75) is 138 Å². The van der Waals surface area contributed by atoms with Crippen LogP contribution in [-0.2, 0) is 4.84 Å². The van der Waals surface area contributed by atoms with Gasteiger partial charge in [0.1, 0.15) is 0 Å². The molecule has 196 valence electrons. The predicted octanol–water partition coefficient (Wildman–Crippen LogP) is 9.11. The van der Waals surface area contributed by atoms with E-state index in [0.29, 0.717) is 16.9 Å². The highest BCUT2D eigenvalue weighted by Crippen LogP contribution is 2.67. The molecule has 0 spiro atoms. The molecular formula is C32H57NO. The Bertz CT molecular complexity index is 684. The second-order valence-electron chi connectivity index (χ2n) is 13.9. The molecule has 0 bridgehead atoms. The van der Waals surface area contributed by atoms with Gasteiger partial charge in [-0.1, -0.05) is 85.3 Å². The predicted molar refractivity (Wildman–Crippen MR) is 145 cm³/mol. The van der Waals surface area contributed by atoms with Crippen molar-refractivity contribution >= 4 is 0 Å². The molecule has 4 rings (SSSR count). The standard InChI is InChI=1S/C32H57NO/c1-7-8-9-21-33-34-26-17-19-31(5)25(22-26)13-14-27-29-16-15-28(24(4)12-10-11-23(2)3)32(29,6)20-18-30(27)31/h13,23-24,26-30,33H,7-12,14-22H2,1-6H3/t24-,26?,27?,28-,29?,30?,31+,32-/m1/s1. The van der Waals surface area contributed by atoms with E-state index in [1.807, 2.05) is 0 Å². The maximum atomic E-state index is 6.14. The molecule has 0 aromatic rings. The van der Waals surface area contributed by atoms with Gasteiger partial charge in [0.15, 0.2) is 0 Å². The molecule has 3 fully saturated rings. The maximum Gasteiger partial charge on any atom is 0.0827 e. The van der Waals surface area contributed by atoms with Gasteiger partial charge in [0.05, 0.1) is 6.10 Å². The molecule has 0 radical (unpaired) electrons. The molecule has 8 atom stereocenters. The van der Waals surface area contributed by atoms with Crippen LogP contribution in [0.1, 0.15) is 131 Å². The normalized spacial score (nSPS) is 40.4. The van der Waals surface area contributed by atoms with Crippen LogP contribution in [0.3, 0.4) is 0 Å². The Balaban J connectivity index is 1.37. The van der Waals surface area contributed by atoms with E-state index in [4.69, 9.17) is 4.84 Å². The smallest absolute Gasteiger partial charge is 0.0827 e. The van der Waals surface area contributed by atoms with E-state index in [2.05, 4.69) is 53.1 Å². The summed E-state index contributed by atoms with van der Waals surface area (Å²) in [4.78, 5) is 6.14. The van der Waals surface area contributed by atoms with E-state index in [1.54, 1.807) is 5.57 Å². The van der Waals surface area contributed by atoms with Crippen molar-refractivity contribution in [1.29, 1.82) is 0 Å². The van der Waals surface area contributed by atoms with Gasteiger partial charge >= 0.3 is 0 Å². The lowest BCUT2D eigenvalue weighted by molar-refractivity contribution is -0.0803. The molecule has 1 N–H and O–H groups in total. The van der Waals surface area contributed by atoms with Gasteiger partial charge in [-0.3, -0.25) is 4.84 Å². The maximum absolute atomic E-state index is 6.14. The highest BCUT2D eigenvalue weighted by atomic mass is 16.7. The van der Waals surface area contributed by atoms with Crippen molar-refractivity contribution in [3.8, 4) is 0 Å². The zero-order chi connectivity index (χ0) is 24.3. The van der Waals surface area contributed by atoms with Crippen molar-refractivity contribution in [3.05, 3.63) is 11.6 Å². The van der Waals surface area contributed by atoms with Crippen LogP contribution < -0.4 is 5.48 Å². The summed E-state index contributed by atoms with van der Waals surface area (Å²) >= 11 is 0. The van der Waals surface area contributed by atoms with Crippen LogP contribution in [0.2, 0.25) is 0 Å². The van der Waals surface area contributed by atoms with E-state index in [-0.39, 0.29) is 0 Å². The minimum absolute atomic E-state index is 0.383. The summed E-state index contributed by atoms with van der Waals surface area (Å²) in [5, 5.41) is 0. The van der Waals surface area contributed by atoms with E-state index in [9.17, 15) is 0 Å². The van der Waals surface area contributed by atoms with Gasteiger partial charge in [-0.25, -0.2) is 5.48 Å². The zero-order valence-corrected chi connectivity index (χ0v) is 23.6. The van der Waals surface area contributed by atoms with Gasteiger partial charge in [-0.2, -0.15) is 0 Å². The summed E-state index contributed by atoms with van der Waals surface area (Å²) in [6.45, 7) is 16.0. The molecule has 0 aromatic heterocycles. The van der Waals surface area contributed by atoms with E-state index in [0.717, 1.165) is 48.5 Å². The molecule has 34 heavy (non-hydrogen) atoms. The summed E-state index contributed by atoms with van der Waals surface area (Å²) in [6.07, 6.45) is 22.2. The average molecular weight is 472 g/mol. The summed E-state index contributed by atoms with van der Waals surface area (Å²) in [6, 6.07) is 0. The molecular weight excluding hydrogens is 414 g/mol. The van der Waals surface area contributed by atoms with Crippen LogP contribution in [0.5, 0.6) is 0 Å². The number of unbranched alkanes of at least 4 members (excludes halogenated alkanes) is 2. The highest BCUT2D eigenvalue weighted by molar-refractivity contribution is 5.25.